The summed E-state index contributed by atoms with van der Waals surface area (Å²) in [4.78, 5) is 8.20. The highest BCUT2D eigenvalue weighted by molar-refractivity contribution is 5.77. The highest BCUT2D eigenvalue weighted by Crippen LogP contribution is 2.27. The van der Waals surface area contributed by atoms with Crippen LogP contribution in [0.3, 0.4) is 0 Å². The molecule has 0 saturated carbocycles. The summed E-state index contributed by atoms with van der Waals surface area (Å²) in [6.45, 7) is 3.06. The summed E-state index contributed by atoms with van der Waals surface area (Å²) in [7, 11) is 0. The Kier molecular flexibility index (Phi) is 3.74. The van der Waals surface area contributed by atoms with Gasteiger partial charge in [0.2, 0.25) is 0 Å². The molecule has 1 N–H and O–H groups in total. The van der Waals surface area contributed by atoms with Gasteiger partial charge in [0.1, 0.15) is 17.7 Å². The maximum absolute atomic E-state index is 5.96. The molecule has 0 aliphatic carbocycles. The Morgan fingerprint density at radius 1 is 1.20 bits per heavy atom. The van der Waals surface area contributed by atoms with E-state index in [0.717, 1.165) is 35.3 Å². The smallest absolute Gasteiger partial charge is 0.134 e. The van der Waals surface area contributed by atoms with Gasteiger partial charge in [-0.2, -0.15) is 0 Å². The van der Waals surface area contributed by atoms with Crippen molar-refractivity contribution in [1.29, 1.82) is 0 Å². The molecule has 0 aliphatic rings. The van der Waals surface area contributed by atoms with Gasteiger partial charge in [-0.05, 0) is 25.1 Å². The van der Waals surface area contributed by atoms with E-state index < -0.39 is 0 Å². The average molecular weight is 267 g/mol. The normalized spacial score (nSPS) is 12.7. The minimum Gasteiger partial charge on any atom is -0.459 e. The summed E-state index contributed by atoms with van der Waals surface area (Å²) >= 11 is 0. The number of hydrogen-bond donors (Lipinski definition) is 1. The highest BCUT2D eigenvalue weighted by Gasteiger charge is 2.18. The van der Waals surface area contributed by atoms with Gasteiger partial charge >= 0.3 is 0 Å². The van der Waals surface area contributed by atoms with Gasteiger partial charge in [-0.25, -0.2) is 9.97 Å². The lowest BCUT2D eigenvalue weighted by molar-refractivity contribution is 0.468. The number of nitrogens with zero attached hydrogens (tertiary/aromatic N) is 2. The molecule has 0 bridgehead atoms. The van der Waals surface area contributed by atoms with Gasteiger partial charge in [-0.3, -0.25) is 0 Å². The van der Waals surface area contributed by atoms with Gasteiger partial charge in [0.15, 0.2) is 0 Å². The zero-order chi connectivity index (χ0) is 13.8. The fourth-order valence-electron chi connectivity index (χ4n) is 2.28. The molecule has 1 atom stereocenters. The minimum absolute atomic E-state index is 0.0106. The number of para-hydroxylation sites is 1. The quantitative estimate of drug-likeness (QED) is 0.770. The zero-order valence-electron chi connectivity index (χ0n) is 11.4. The molecule has 0 spiro atoms. The van der Waals surface area contributed by atoms with E-state index in [4.69, 9.17) is 4.42 Å². The molecule has 3 aromatic rings. The van der Waals surface area contributed by atoms with Crippen molar-refractivity contribution in [3.8, 4) is 0 Å². The molecule has 3 rings (SSSR count). The van der Waals surface area contributed by atoms with Crippen LogP contribution in [-0.4, -0.2) is 16.5 Å². The minimum atomic E-state index is -0.0106. The molecular weight excluding hydrogens is 250 g/mol. The molecule has 0 radical (unpaired) electrons. The standard InChI is InChI=1S/C16H17N3O/c1-2-7-19-16(13-9-17-11-18-10-13)15-8-12-5-3-4-6-14(12)20-15/h3-6,8-11,16,19H,2,7H2,1H3. The molecule has 102 valence electrons. The molecule has 1 unspecified atom stereocenters. The molecule has 4 heteroatoms. The lowest BCUT2D eigenvalue weighted by Gasteiger charge is -2.15. The number of aromatic nitrogens is 2. The Labute approximate surface area is 117 Å². The molecule has 0 fully saturated rings. The van der Waals surface area contributed by atoms with Crippen molar-refractivity contribution >= 4 is 11.0 Å². The lowest BCUT2D eigenvalue weighted by atomic mass is 10.1. The molecule has 0 saturated heterocycles. The van der Waals surface area contributed by atoms with Crippen LogP contribution in [0.25, 0.3) is 11.0 Å². The second kappa shape index (κ2) is 5.84. The largest absolute Gasteiger partial charge is 0.459 e. The Hall–Kier alpha value is -2.20. The van der Waals surface area contributed by atoms with E-state index in [-0.39, 0.29) is 6.04 Å². The maximum atomic E-state index is 5.96. The van der Waals surface area contributed by atoms with E-state index in [1.165, 1.54) is 0 Å². The fourth-order valence-corrected chi connectivity index (χ4v) is 2.28. The third-order valence-corrected chi connectivity index (χ3v) is 3.24. The summed E-state index contributed by atoms with van der Waals surface area (Å²) in [5, 5.41) is 4.60. The third kappa shape index (κ3) is 2.56. The molecule has 1 aromatic carbocycles. The van der Waals surface area contributed by atoms with E-state index in [0.29, 0.717) is 0 Å². The molecule has 20 heavy (non-hydrogen) atoms. The first-order valence-corrected chi connectivity index (χ1v) is 6.85. The van der Waals surface area contributed by atoms with Gasteiger partial charge in [0.25, 0.3) is 0 Å². The van der Waals surface area contributed by atoms with E-state index >= 15 is 0 Å². The third-order valence-electron chi connectivity index (χ3n) is 3.24. The van der Waals surface area contributed by atoms with Crippen LogP contribution in [0.4, 0.5) is 0 Å². The Morgan fingerprint density at radius 3 is 2.75 bits per heavy atom. The second-order valence-corrected chi connectivity index (χ2v) is 4.75. The van der Waals surface area contributed by atoms with Gasteiger partial charge in [-0.15, -0.1) is 0 Å². The Bertz CT molecular complexity index is 645. The van der Waals surface area contributed by atoms with Crippen molar-refractivity contribution in [2.45, 2.75) is 19.4 Å². The van der Waals surface area contributed by atoms with Crippen molar-refractivity contribution in [2.24, 2.45) is 0 Å². The SMILES string of the molecule is CCCNC(c1cncnc1)c1cc2ccccc2o1. The molecule has 0 aliphatic heterocycles. The number of fused-ring (bicyclic) bond motifs is 1. The van der Waals surface area contributed by atoms with Crippen LogP contribution < -0.4 is 5.32 Å². The summed E-state index contributed by atoms with van der Waals surface area (Å²) < 4.78 is 5.96. The molecular formula is C16H17N3O. The van der Waals surface area contributed by atoms with Crippen molar-refractivity contribution in [3.05, 3.63) is 60.4 Å². The summed E-state index contributed by atoms with van der Waals surface area (Å²) in [5.74, 6) is 0.898. The van der Waals surface area contributed by atoms with E-state index in [1.54, 1.807) is 6.33 Å². The van der Waals surface area contributed by atoms with Gasteiger partial charge in [-0.1, -0.05) is 25.1 Å². The van der Waals surface area contributed by atoms with E-state index in [2.05, 4.69) is 34.3 Å². The molecule has 2 heterocycles. The fraction of sp³-hybridized carbons (Fsp3) is 0.250. The first kappa shape index (κ1) is 12.8. The van der Waals surface area contributed by atoms with Crippen LogP contribution >= 0.6 is 0 Å². The Morgan fingerprint density at radius 2 is 2.00 bits per heavy atom. The van der Waals surface area contributed by atoms with E-state index in [1.807, 2.05) is 30.6 Å². The first-order valence-electron chi connectivity index (χ1n) is 6.85. The van der Waals surface area contributed by atoms with Gasteiger partial charge < -0.3 is 9.73 Å². The molecule has 4 nitrogen and oxygen atoms in total. The number of benzene rings is 1. The molecule has 2 aromatic heterocycles. The monoisotopic (exact) mass is 267 g/mol. The average Bonchev–Trinajstić information content (AvgIpc) is 2.92. The van der Waals surface area contributed by atoms with Crippen LogP contribution in [0.15, 0.2) is 53.5 Å². The lowest BCUT2D eigenvalue weighted by Crippen LogP contribution is -2.23. The highest BCUT2D eigenvalue weighted by atomic mass is 16.3. The zero-order valence-corrected chi connectivity index (χ0v) is 11.4. The summed E-state index contributed by atoms with van der Waals surface area (Å²) in [6.07, 6.45) is 6.25. The summed E-state index contributed by atoms with van der Waals surface area (Å²) in [5.41, 5.74) is 1.92. The number of rotatable bonds is 5. The van der Waals surface area contributed by atoms with E-state index in [9.17, 15) is 0 Å². The van der Waals surface area contributed by atoms with Crippen LogP contribution in [0.5, 0.6) is 0 Å². The second-order valence-electron chi connectivity index (χ2n) is 4.75. The predicted molar refractivity (Wildman–Crippen MR) is 78.4 cm³/mol. The van der Waals surface area contributed by atoms with Crippen molar-refractivity contribution in [2.75, 3.05) is 6.54 Å². The maximum Gasteiger partial charge on any atom is 0.134 e. The first-order chi connectivity index (χ1) is 9.88. The summed E-state index contributed by atoms with van der Waals surface area (Å²) in [6, 6.07) is 10.1. The van der Waals surface area contributed by atoms with Crippen molar-refractivity contribution in [1.82, 2.24) is 15.3 Å². The topological polar surface area (TPSA) is 51.0 Å². The number of nitrogens with one attached hydrogen (secondary N) is 1. The van der Waals surface area contributed by atoms with Crippen LogP contribution in [-0.2, 0) is 0 Å². The number of hydrogen-bond acceptors (Lipinski definition) is 4. The van der Waals surface area contributed by atoms with Crippen LogP contribution in [0, 0.1) is 0 Å². The Balaban J connectivity index is 2.00. The number of furan rings is 1. The van der Waals surface area contributed by atoms with Crippen molar-refractivity contribution in [3.63, 3.8) is 0 Å². The van der Waals surface area contributed by atoms with Crippen LogP contribution in [0.1, 0.15) is 30.7 Å². The molecule has 0 amide bonds. The van der Waals surface area contributed by atoms with Crippen LogP contribution in [0.2, 0.25) is 0 Å². The predicted octanol–water partition coefficient (Wildman–Crippen LogP) is 3.31. The van der Waals surface area contributed by atoms with Gasteiger partial charge in [0.05, 0.1) is 6.04 Å². The van der Waals surface area contributed by atoms with Gasteiger partial charge in [0, 0.05) is 23.3 Å². The van der Waals surface area contributed by atoms with Crippen molar-refractivity contribution < 1.29 is 4.42 Å².